The first-order valence-electron chi connectivity index (χ1n) is 7.49. The molecule has 2 nitrogen and oxygen atoms in total. The van der Waals surface area contributed by atoms with Gasteiger partial charge in [-0.1, -0.05) is 25.8 Å². The summed E-state index contributed by atoms with van der Waals surface area (Å²) in [5.74, 6) is -1.05. The maximum atomic E-state index is 13.2. The SMILES string of the molecule is C[C@H](NC(=S)N[C@@H]1CCCC[C@H]1C)c1ccc(F)c(F)c1. The fourth-order valence-corrected chi connectivity index (χ4v) is 3.13. The Bertz CT molecular complexity index is 507. The van der Waals surface area contributed by atoms with E-state index in [1.54, 1.807) is 6.07 Å². The Kier molecular flexibility index (Phi) is 5.51. The summed E-state index contributed by atoms with van der Waals surface area (Å²) in [5, 5.41) is 7.06. The molecule has 2 N–H and O–H groups in total. The molecule has 0 unspecified atom stereocenters. The quantitative estimate of drug-likeness (QED) is 0.823. The summed E-state index contributed by atoms with van der Waals surface area (Å²) in [5.41, 5.74) is 0.676. The summed E-state index contributed by atoms with van der Waals surface area (Å²) in [4.78, 5) is 0. The standard InChI is InChI=1S/C16H22F2N2S/c1-10-5-3-4-6-15(10)20-16(21)19-11(2)12-7-8-13(17)14(18)9-12/h7-11,15H,3-6H2,1-2H3,(H2,19,20,21)/t10-,11+,15-/m1/s1. The molecule has 0 radical (unpaired) electrons. The van der Waals surface area contributed by atoms with Crippen LogP contribution >= 0.6 is 12.2 Å². The lowest BCUT2D eigenvalue weighted by Crippen LogP contribution is -2.46. The smallest absolute Gasteiger partial charge is 0.166 e. The average Bonchev–Trinajstić information content (AvgIpc) is 2.44. The first-order chi connectivity index (χ1) is 9.97. The summed E-state index contributed by atoms with van der Waals surface area (Å²) < 4.78 is 26.2. The molecule has 5 heteroatoms. The lowest BCUT2D eigenvalue weighted by atomic mass is 9.86. The maximum absolute atomic E-state index is 13.2. The zero-order valence-electron chi connectivity index (χ0n) is 12.5. The van der Waals surface area contributed by atoms with E-state index in [2.05, 4.69) is 17.6 Å². The largest absolute Gasteiger partial charge is 0.360 e. The van der Waals surface area contributed by atoms with Crippen LogP contribution in [0.2, 0.25) is 0 Å². The zero-order valence-corrected chi connectivity index (χ0v) is 13.3. The van der Waals surface area contributed by atoms with Crippen LogP contribution in [0.25, 0.3) is 0 Å². The van der Waals surface area contributed by atoms with Crippen molar-refractivity contribution in [1.29, 1.82) is 0 Å². The molecule has 0 heterocycles. The predicted octanol–water partition coefficient (Wildman–Crippen LogP) is 4.07. The topological polar surface area (TPSA) is 24.1 Å². The Morgan fingerprint density at radius 3 is 2.62 bits per heavy atom. The van der Waals surface area contributed by atoms with Gasteiger partial charge in [0, 0.05) is 6.04 Å². The summed E-state index contributed by atoms with van der Waals surface area (Å²) >= 11 is 5.33. The monoisotopic (exact) mass is 312 g/mol. The maximum Gasteiger partial charge on any atom is 0.166 e. The molecule has 1 fully saturated rings. The number of hydrogen-bond acceptors (Lipinski definition) is 1. The molecule has 0 spiro atoms. The molecule has 0 aliphatic heterocycles. The number of thiocarbonyl (C=S) groups is 1. The van der Waals surface area contributed by atoms with E-state index in [0.717, 1.165) is 12.5 Å². The second-order valence-electron chi connectivity index (χ2n) is 5.88. The average molecular weight is 312 g/mol. The Hall–Kier alpha value is -1.23. The fraction of sp³-hybridized carbons (Fsp3) is 0.562. The van der Waals surface area contributed by atoms with E-state index in [0.29, 0.717) is 22.6 Å². The molecule has 2 rings (SSSR count). The second-order valence-corrected chi connectivity index (χ2v) is 6.29. The van der Waals surface area contributed by atoms with E-state index >= 15 is 0 Å². The molecule has 0 amide bonds. The minimum atomic E-state index is -0.832. The lowest BCUT2D eigenvalue weighted by Gasteiger charge is -2.31. The van der Waals surface area contributed by atoms with E-state index in [9.17, 15) is 8.78 Å². The second kappa shape index (κ2) is 7.16. The van der Waals surface area contributed by atoms with Crippen LogP contribution in [0.4, 0.5) is 8.78 Å². The van der Waals surface area contributed by atoms with Crippen molar-refractivity contribution in [2.75, 3.05) is 0 Å². The molecule has 3 atom stereocenters. The minimum Gasteiger partial charge on any atom is -0.360 e. The van der Waals surface area contributed by atoms with Gasteiger partial charge in [-0.05, 0) is 55.6 Å². The van der Waals surface area contributed by atoms with Crippen LogP contribution in [0.15, 0.2) is 18.2 Å². The van der Waals surface area contributed by atoms with Crippen LogP contribution in [-0.2, 0) is 0 Å². The fourth-order valence-electron chi connectivity index (χ4n) is 2.80. The number of benzene rings is 1. The highest BCUT2D eigenvalue weighted by Crippen LogP contribution is 2.23. The van der Waals surface area contributed by atoms with Gasteiger partial charge in [-0.2, -0.15) is 0 Å². The van der Waals surface area contributed by atoms with Crippen molar-refractivity contribution in [2.45, 2.75) is 51.6 Å². The van der Waals surface area contributed by atoms with Crippen molar-refractivity contribution in [3.05, 3.63) is 35.4 Å². The van der Waals surface area contributed by atoms with Gasteiger partial charge in [0.05, 0.1) is 6.04 Å². The first-order valence-corrected chi connectivity index (χ1v) is 7.90. The van der Waals surface area contributed by atoms with Crippen molar-refractivity contribution in [2.24, 2.45) is 5.92 Å². The number of nitrogens with one attached hydrogen (secondary N) is 2. The van der Waals surface area contributed by atoms with Crippen LogP contribution in [0.1, 0.15) is 51.1 Å². The van der Waals surface area contributed by atoms with Crippen molar-refractivity contribution >= 4 is 17.3 Å². The van der Waals surface area contributed by atoms with E-state index in [4.69, 9.17) is 12.2 Å². The molecule has 1 aliphatic rings. The van der Waals surface area contributed by atoms with Crippen LogP contribution in [-0.4, -0.2) is 11.2 Å². The molecule has 0 saturated heterocycles. The Balaban J connectivity index is 1.90. The van der Waals surface area contributed by atoms with Gasteiger partial charge >= 0.3 is 0 Å². The van der Waals surface area contributed by atoms with E-state index < -0.39 is 11.6 Å². The third-order valence-corrected chi connectivity index (χ3v) is 4.45. The van der Waals surface area contributed by atoms with E-state index in [1.165, 1.54) is 25.3 Å². The molecule has 1 aromatic rings. The molecule has 0 bridgehead atoms. The lowest BCUT2D eigenvalue weighted by molar-refractivity contribution is 0.307. The molecule has 1 aliphatic carbocycles. The van der Waals surface area contributed by atoms with Crippen LogP contribution in [0, 0.1) is 17.6 Å². The van der Waals surface area contributed by atoms with Crippen molar-refractivity contribution in [1.82, 2.24) is 10.6 Å². The summed E-state index contributed by atoms with van der Waals surface area (Å²) in [6.07, 6.45) is 4.86. The molecular formula is C16H22F2N2S. The van der Waals surface area contributed by atoms with Gasteiger partial charge in [-0.25, -0.2) is 8.78 Å². The normalized spacial score (nSPS) is 23.4. The van der Waals surface area contributed by atoms with Gasteiger partial charge in [0.2, 0.25) is 0 Å². The van der Waals surface area contributed by atoms with E-state index in [-0.39, 0.29) is 6.04 Å². The highest BCUT2D eigenvalue weighted by Gasteiger charge is 2.22. The molecule has 21 heavy (non-hydrogen) atoms. The Morgan fingerprint density at radius 1 is 1.24 bits per heavy atom. The third-order valence-electron chi connectivity index (χ3n) is 4.22. The molecule has 116 valence electrons. The molecule has 0 aromatic heterocycles. The molecule has 1 aromatic carbocycles. The number of rotatable bonds is 3. The summed E-state index contributed by atoms with van der Waals surface area (Å²) in [6.45, 7) is 4.11. The first kappa shape index (κ1) is 16.1. The Labute approximate surface area is 130 Å². The minimum absolute atomic E-state index is 0.168. The van der Waals surface area contributed by atoms with Gasteiger partial charge in [-0.3, -0.25) is 0 Å². The van der Waals surface area contributed by atoms with Crippen LogP contribution in [0.3, 0.4) is 0 Å². The van der Waals surface area contributed by atoms with Crippen LogP contribution < -0.4 is 10.6 Å². The molecular weight excluding hydrogens is 290 g/mol. The highest BCUT2D eigenvalue weighted by molar-refractivity contribution is 7.80. The Morgan fingerprint density at radius 2 is 1.95 bits per heavy atom. The number of hydrogen-bond donors (Lipinski definition) is 2. The van der Waals surface area contributed by atoms with Crippen molar-refractivity contribution in [3.8, 4) is 0 Å². The summed E-state index contributed by atoms with van der Waals surface area (Å²) in [6, 6.07) is 4.15. The highest BCUT2D eigenvalue weighted by atomic mass is 32.1. The van der Waals surface area contributed by atoms with Crippen molar-refractivity contribution < 1.29 is 8.78 Å². The van der Waals surface area contributed by atoms with Gasteiger partial charge in [-0.15, -0.1) is 0 Å². The van der Waals surface area contributed by atoms with Gasteiger partial charge in [0.1, 0.15) is 0 Å². The zero-order chi connectivity index (χ0) is 15.4. The van der Waals surface area contributed by atoms with Crippen molar-refractivity contribution in [3.63, 3.8) is 0 Å². The predicted molar refractivity (Wildman–Crippen MR) is 85.1 cm³/mol. The van der Waals surface area contributed by atoms with Gasteiger partial charge in [0.25, 0.3) is 0 Å². The van der Waals surface area contributed by atoms with Gasteiger partial charge < -0.3 is 10.6 Å². The van der Waals surface area contributed by atoms with Gasteiger partial charge in [0.15, 0.2) is 16.7 Å². The van der Waals surface area contributed by atoms with E-state index in [1.807, 2.05) is 6.92 Å². The molecule has 1 saturated carbocycles. The third kappa shape index (κ3) is 4.37. The number of halogens is 2. The summed E-state index contributed by atoms with van der Waals surface area (Å²) in [7, 11) is 0. The van der Waals surface area contributed by atoms with Crippen LogP contribution in [0.5, 0.6) is 0 Å².